The quantitative estimate of drug-likeness (QED) is 0.816. The first-order chi connectivity index (χ1) is 9.79. The largest absolute Gasteiger partial charge is 0.385 e. The van der Waals surface area contributed by atoms with Crippen LogP contribution in [0.4, 0.5) is 5.69 Å². The standard InChI is InChI=1S/C18H23NO/c1-15(12-13-20-2)19-18-11-7-6-10-17(18)14-16-8-4-3-5-9-16/h3-11,15,19H,12-14H2,1-2H3. The zero-order valence-corrected chi connectivity index (χ0v) is 12.3. The normalized spacial score (nSPS) is 12.1. The van der Waals surface area contributed by atoms with Crippen LogP contribution in [0.2, 0.25) is 0 Å². The summed E-state index contributed by atoms with van der Waals surface area (Å²) in [6.45, 7) is 2.98. The van der Waals surface area contributed by atoms with Crippen molar-refractivity contribution in [3.05, 3.63) is 65.7 Å². The summed E-state index contributed by atoms with van der Waals surface area (Å²) in [6, 6.07) is 19.5. The number of benzene rings is 2. The first kappa shape index (κ1) is 14.6. The third-order valence-corrected chi connectivity index (χ3v) is 3.41. The fourth-order valence-electron chi connectivity index (χ4n) is 2.26. The number of anilines is 1. The third-order valence-electron chi connectivity index (χ3n) is 3.41. The molecule has 0 heterocycles. The number of hydrogen-bond donors (Lipinski definition) is 1. The average molecular weight is 269 g/mol. The van der Waals surface area contributed by atoms with Crippen LogP contribution < -0.4 is 5.32 Å². The Morgan fingerprint density at radius 2 is 1.70 bits per heavy atom. The van der Waals surface area contributed by atoms with Gasteiger partial charge in [-0.3, -0.25) is 0 Å². The highest BCUT2D eigenvalue weighted by molar-refractivity contribution is 5.53. The van der Waals surface area contributed by atoms with Gasteiger partial charge in [0, 0.05) is 25.4 Å². The van der Waals surface area contributed by atoms with Gasteiger partial charge in [-0.2, -0.15) is 0 Å². The molecule has 0 spiro atoms. The molecule has 106 valence electrons. The maximum Gasteiger partial charge on any atom is 0.0481 e. The number of rotatable bonds is 7. The first-order valence-electron chi connectivity index (χ1n) is 7.17. The van der Waals surface area contributed by atoms with Crippen molar-refractivity contribution in [2.75, 3.05) is 19.0 Å². The van der Waals surface area contributed by atoms with Crippen molar-refractivity contribution in [1.29, 1.82) is 0 Å². The zero-order valence-electron chi connectivity index (χ0n) is 12.3. The summed E-state index contributed by atoms with van der Waals surface area (Å²) in [5, 5.41) is 3.59. The van der Waals surface area contributed by atoms with Crippen molar-refractivity contribution < 1.29 is 4.74 Å². The van der Waals surface area contributed by atoms with Crippen molar-refractivity contribution in [2.24, 2.45) is 0 Å². The first-order valence-corrected chi connectivity index (χ1v) is 7.17. The van der Waals surface area contributed by atoms with E-state index >= 15 is 0 Å². The second-order valence-corrected chi connectivity index (χ2v) is 5.15. The van der Waals surface area contributed by atoms with E-state index in [0.29, 0.717) is 6.04 Å². The summed E-state index contributed by atoms with van der Waals surface area (Å²) >= 11 is 0. The van der Waals surface area contributed by atoms with Gasteiger partial charge < -0.3 is 10.1 Å². The van der Waals surface area contributed by atoms with Gasteiger partial charge in [0.05, 0.1) is 0 Å². The molecule has 1 unspecified atom stereocenters. The Labute approximate surface area is 121 Å². The number of methoxy groups -OCH3 is 1. The van der Waals surface area contributed by atoms with Gasteiger partial charge in [-0.15, -0.1) is 0 Å². The highest BCUT2D eigenvalue weighted by atomic mass is 16.5. The SMILES string of the molecule is COCCC(C)Nc1ccccc1Cc1ccccc1. The molecule has 1 N–H and O–H groups in total. The van der Waals surface area contributed by atoms with E-state index in [1.54, 1.807) is 7.11 Å². The zero-order chi connectivity index (χ0) is 14.2. The molecule has 0 saturated heterocycles. The predicted octanol–water partition coefficient (Wildman–Crippen LogP) is 4.11. The van der Waals surface area contributed by atoms with Crippen molar-refractivity contribution in [2.45, 2.75) is 25.8 Å². The molecule has 0 bridgehead atoms. The van der Waals surface area contributed by atoms with E-state index in [9.17, 15) is 0 Å². The fourth-order valence-corrected chi connectivity index (χ4v) is 2.26. The molecule has 0 fully saturated rings. The van der Waals surface area contributed by atoms with Crippen LogP contribution in [0.5, 0.6) is 0 Å². The molecular formula is C18H23NO. The van der Waals surface area contributed by atoms with Gasteiger partial charge in [0.25, 0.3) is 0 Å². The number of ether oxygens (including phenoxy) is 1. The maximum atomic E-state index is 5.14. The molecule has 0 aliphatic heterocycles. The van der Waals surface area contributed by atoms with Gasteiger partial charge in [-0.1, -0.05) is 48.5 Å². The van der Waals surface area contributed by atoms with Crippen LogP contribution in [0, 0.1) is 0 Å². The summed E-state index contributed by atoms with van der Waals surface area (Å²) < 4.78 is 5.14. The summed E-state index contributed by atoms with van der Waals surface area (Å²) in [6.07, 6.45) is 1.97. The lowest BCUT2D eigenvalue weighted by atomic mass is 10.0. The van der Waals surface area contributed by atoms with E-state index in [1.807, 2.05) is 0 Å². The Balaban J connectivity index is 2.06. The lowest BCUT2D eigenvalue weighted by molar-refractivity contribution is 0.191. The molecule has 0 aliphatic rings. The molecule has 2 heteroatoms. The van der Waals surface area contributed by atoms with Crippen molar-refractivity contribution in [1.82, 2.24) is 0 Å². The Kier molecular flexibility index (Phi) is 5.63. The van der Waals surface area contributed by atoms with Crippen LogP contribution in [0.15, 0.2) is 54.6 Å². The maximum absolute atomic E-state index is 5.14. The minimum atomic E-state index is 0.409. The number of nitrogens with one attached hydrogen (secondary N) is 1. The van der Waals surface area contributed by atoms with Crippen LogP contribution in [0.3, 0.4) is 0 Å². The van der Waals surface area contributed by atoms with Gasteiger partial charge in [-0.05, 0) is 37.0 Å². The monoisotopic (exact) mass is 269 g/mol. The molecule has 0 aliphatic carbocycles. The molecule has 20 heavy (non-hydrogen) atoms. The molecule has 2 aromatic rings. The molecular weight excluding hydrogens is 246 g/mol. The Morgan fingerprint density at radius 3 is 2.45 bits per heavy atom. The molecule has 2 aromatic carbocycles. The van der Waals surface area contributed by atoms with E-state index in [4.69, 9.17) is 4.74 Å². The van der Waals surface area contributed by atoms with E-state index in [-0.39, 0.29) is 0 Å². The molecule has 0 aromatic heterocycles. The van der Waals surface area contributed by atoms with E-state index in [2.05, 4.69) is 66.8 Å². The lowest BCUT2D eigenvalue weighted by Gasteiger charge is -2.18. The second-order valence-electron chi connectivity index (χ2n) is 5.15. The molecule has 2 nitrogen and oxygen atoms in total. The van der Waals surface area contributed by atoms with Crippen LogP contribution in [0.25, 0.3) is 0 Å². The topological polar surface area (TPSA) is 21.3 Å². The highest BCUT2D eigenvalue weighted by Gasteiger charge is 2.06. The van der Waals surface area contributed by atoms with Crippen molar-refractivity contribution in [3.63, 3.8) is 0 Å². The van der Waals surface area contributed by atoms with Crippen LogP contribution in [-0.4, -0.2) is 19.8 Å². The lowest BCUT2D eigenvalue weighted by Crippen LogP contribution is -2.18. The van der Waals surface area contributed by atoms with E-state index in [0.717, 1.165) is 19.4 Å². The molecule has 0 radical (unpaired) electrons. The van der Waals surface area contributed by atoms with Crippen LogP contribution in [0.1, 0.15) is 24.5 Å². The summed E-state index contributed by atoms with van der Waals surface area (Å²) in [5.74, 6) is 0. The Bertz CT molecular complexity index is 510. The smallest absolute Gasteiger partial charge is 0.0481 e. The van der Waals surface area contributed by atoms with Gasteiger partial charge in [0.15, 0.2) is 0 Å². The molecule has 0 amide bonds. The highest BCUT2D eigenvalue weighted by Crippen LogP contribution is 2.20. The van der Waals surface area contributed by atoms with E-state index in [1.165, 1.54) is 16.8 Å². The van der Waals surface area contributed by atoms with Gasteiger partial charge in [-0.25, -0.2) is 0 Å². The molecule has 2 rings (SSSR count). The van der Waals surface area contributed by atoms with Crippen LogP contribution in [-0.2, 0) is 11.2 Å². The van der Waals surface area contributed by atoms with Gasteiger partial charge in [0.2, 0.25) is 0 Å². The summed E-state index contributed by atoms with van der Waals surface area (Å²) in [4.78, 5) is 0. The van der Waals surface area contributed by atoms with Crippen LogP contribution >= 0.6 is 0 Å². The summed E-state index contributed by atoms with van der Waals surface area (Å²) in [7, 11) is 1.75. The van der Waals surface area contributed by atoms with E-state index < -0.39 is 0 Å². The Morgan fingerprint density at radius 1 is 1.00 bits per heavy atom. The third kappa shape index (κ3) is 4.39. The van der Waals surface area contributed by atoms with Crippen molar-refractivity contribution in [3.8, 4) is 0 Å². The van der Waals surface area contributed by atoms with Crippen molar-refractivity contribution >= 4 is 5.69 Å². The fraction of sp³-hybridized carbons (Fsp3) is 0.333. The van der Waals surface area contributed by atoms with Gasteiger partial charge >= 0.3 is 0 Å². The predicted molar refractivity (Wildman–Crippen MR) is 85.3 cm³/mol. The average Bonchev–Trinajstić information content (AvgIpc) is 2.48. The Hall–Kier alpha value is -1.80. The second kappa shape index (κ2) is 7.71. The minimum absolute atomic E-state index is 0.409. The van der Waals surface area contributed by atoms with Gasteiger partial charge in [0.1, 0.15) is 0 Å². The number of hydrogen-bond acceptors (Lipinski definition) is 2. The molecule has 1 atom stereocenters. The number of para-hydroxylation sites is 1. The molecule has 0 saturated carbocycles. The minimum Gasteiger partial charge on any atom is -0.385 e. The summed E-state index contributed by atoms with van der Waals surface area (Å²) in [5.41, 5.74) is 3.90.